The maximum atomic E-state index is 13.3. The summed E-state index contributed by atoms with van der Waals surface area (Å²) in [6.07, 6.45) is 0. The molecule has 0 aliphatic heterocycles. The van der Waals surface area contributed by atoms with Gasteiger partial charge in [0.15, 0.2) is 0 Å². The van der Waals surface area contributed by atoms with Gasteiger partial charge >= 0.3 is 5.97 Å². The summed E-state index contributed by atoms with van der Waals surface area (Å²) in [5, 5.41) is 17.3. The molecular weight excluding hydrogens is 612 g/mol. The number of thiophene rings is 1. The van der Waals surface area contributed by atoms with Crippen LogP contribution in [0.5, 0.6) is 5.75 Å². The Morgan fingerprint density at radius 1 is 1.12 bits per heavy atom. The fourth-order valence-corrected chi connectivity index (χ4v) is 6.47. The van der Waals surface area contributed by atoms with Crippen LogP contribution in [0.1, 0.15) is 48.0 Å². The highest BCUT2D eigenvalue weighted by atomic mass is 35.5. The summed E-state index contributed by atoms with van der Waals surface area (Å²) < 4.78 is 38.9. The zero-order chi connectivity index (χ0) is 30.8. The Hall–Kier alpha value is -4.47. The van der Waals surface area contributed by atoms with Gasteiger partial charge in [-0.25, -0.2) is 17.9 Å². The normalized spacial score (nSPS) is 11.2. The van der Waals surface area contributed by atoms with E-state index in [4.69, 9.17) is 20.9 Å². The second kappa shape index (κ2) is 12.2. The predicted octanol–water partition coefficient (Wildman–Crippen LogP) is 5.60. The molecule has 0 spiro atoms. The monoisotopic (exact) mass is 634 g/mol. The van der Waals surface area contributed by atoms with E-state index >= 15 is 0 Å². The number of esters is 1. The minimum absolute atomic E-state index is 0.00687. The van der Waals surface area contributed by atoms with Crippen molar-refractivity contribution in [3.05, 3.63) is 95.3 Å². The summed E-state index contributed by atoms with van der Waals surface area (Å²) in [5.41, 5.74) is 3.01. The van der Waals surface area contributed by atoms with Crippen LogP contribution in [0.2, 0.25) is 5.02 Å². The van der Waals surface area contributed by atoms with Crippen molar-refractivity contribution in [2.45, 2.75) is 39.2 Å². The zero-order valence-electron chi connectivity index (χ0n) is 22.5. The third-order valence-corrected chi connectivity index (χ3v) is 8.86. The maximum Gasteiger partial charge on any atom is 0.343 e. The van der Waals surface area contributed by atoms with E-state index in [0.717, 1.165) is 11.3 Å². The van der Waals surface area contributed by atoms with Gasteiger partial charge in [-0.3, -0.25) is 4.79 Å². The summed E-state index contributed by atoms with van der Waals surface area (Å²) in [5.74, 6) is -1.46. The third kappa shape index (κ3) is 6.53. The lowest BCUT2D eigenvalue weighted by Crippen LogP contribution is -2.19. The van der Waals surface area contributed by atoms with Gasteiger partial charge in [0.05, 0.1) is 11.3 Å². The van der Waals surface area contributed by atoms with Crippen LogP contribution in [0.3, 0.4) is 0 Å². The number of aryl methyl sites for hydroxylation is 3. The number of benzene rings is 2. The van der Waals surface area contributed by atoms with E-state index in [1.54, 1.807) is 33.8 Å². The number of hydrogen-bond acceptors (Lipinski definition) is 11. The molecule has 16 heteroatoms. The maximum absolute atomic E-state index is 13.3. The minimum atomic E-state index is -4.27. The van der Waals surface area contributed by atoms with Crippen molar-refractivity contribution in [2.24, 2.45) is 0 Å². The Kier molecular flexibility index (Phi) is 8.84. The molecule has 0 radical (unpaired) electrons. The van der Waals surface area contributed by atoms with Crippen LogP contribution in [0, 0.1) is 37.8 Å². The first-order valence-electron chi connectivity index (χ1n) is 12.0. The lowest BCUT2D eigenvalue weighted by molar-refractivity contribution is -0.763. The largest absolute Gasteiger partial charge is 0.422 e. The lowest BCUT2D eigenvalue weighted by Gasteiger charge is -2.18. The van der Waals surface area contributed by atoms with E-state index < -0.39 is 27.0 Å². The second-order valence-corrected chi connectivity index (χ2v) is 12.0. The van der Waals surface area contributed by atoms with Crippen molar-refractivity contribution >= 4 is 56.4 Å². The van der Waals surface area contributed by atoms with Crippen LogP contribution in [0.25, 0.3) is 0 Å². The lowest BCUT2D eigenvalue weighted by atomic mass is 10.0. The van der Waals surface area contributed by atoms with Gasteiger partial charge in [-0.15, -0.1) is 21.5 Å². The second-order valence-electron chi connectivity index (χ2n) is 9.01. The van der Waals surface area contributed by atoms with Gasteiger partial charge in [-0.2, -0.15) is 0 Å². The van der Waals surface area contributed by atoms with Crippen LogP contribution in [0.4, 0.5) is 11.6 Å². The van der Waals surface area contributed by atoms with Gasteiger partial charge in [0.2, 0.25) is 0 Å². The number of amides is 1. The Morgan fingerprint density at radius 2 is 1.81 bits per heavy atom. The summed E-state index contributed by atoms with van der Waals surface area (Å²) in [6.45, 7) is 6.40. The predicted molar refractivity (Wildman–Crippen MR) is 153 cm³/mol. The Labute approximate surface area is 248 Å². The summed E-state index contributed by atoms with van der Waals surface area (Å²) in [6, 6.07) is 8.88. The number of anilines is 2. The van der Waals surface area contributed by atoms with Crippen LogP contribution in [-0.2, 0) is 21.5 Å². The minimum Gasteiger partial charge on any atom is -0.422 e. The van der Waals surface area contributed by atoms with Crippen molar-refractivity contribution in [3.8, 4) is 5.75 Å². The topological polar surface area (TPSA) is 180 Å². The number of nitrogens with one attached hydrogen (secondary N) is 2. The molecule has 0 fully saturated rings. The molecule has 2 N–H and O–H groups in total. The smallest absolute Gasteiger partial charge is 0.343 e. The van der Waals surface area contributed by atoms with Crippen molar-refractivity contribution in [2.75, 3.05) is 10.0 Å². The van der Waals surface area contributed by atoms with E-state index in [-0.39, 0.29) is 38.6 Å². The molecule has 0 unspecified atom stereocenters. The fourth-order valence-electron chi connectivity index (χ4n) is 3.98. The Balaban J connectivity index is 1.55. The molecule has 0 saturated heterocycles. The van der Waals surface area contributed by atoms with Gasteiger partial charge in [0, 0.05) is 5.56 Å². The summed E-state index contributed by atoms with van der Waals surface area (Å²) in [7, 11) is -4.27. The highest BCUT2D eigenvalue weighted by Gasteiger charge is 2.28. The molecule has 0 atom stereocenters. The molecule has 220 valence electrons. The van der Waals surface area contributed by atoms with E-state index in [1.165, 1.54) is 35.7 Å². The molecule has 42 heavy (non-hydrogen) atoms. The number of carbonyl (C=O) groups is 2. The quantitative estimate of drug-likeness (QED) is 0.0964. The van der Waals surface area contributed by atoms with Gasteiger partial charge in [0.25, 0.3) is 26.9 Å². The Bertz CT molecular complexity index is 1800. The van der Waals surface area contributed by atoms with Gasteiger partial charge in [0.1, 0.15) is 32.8 Å². The van der Waals surface area contributed by atoms with E-state index in [1.807, 2.05) is 0 Å². The standard InChI is InChI=1S/C26H23ClN4O9S2/c1-13-11-14(2)22(39-26(33)18-7-5-17(6-8-18)12-38-31(34)35)15(3)21(13)28-24(32)23-19(9-10-41-23)42(36,37)30-25-20(27)16(4)29-40-25/h5-11,30H,12H2,1-4H3,(H,28,32). The number of halogens is 1. The molecule has 0 saturated carbocycles. The first-order valence-corrected chi connectivity index (χ1v) is 14.7. The number of ether oxygens (including phenoxy) is 1. The molecule has 2 aromatic carbocycles. The van der Waals surface area contributed by atoms with E-state index in [0.29, 0.717) is 33.6 Å². The Morgan fingerprint density at radius 3 is 2.43 bits per heavy atom. The van der Waals surface area contributed by atoms with Gasteiger partial charge in [-0.05, 0) is 68.0 Å². The molecule has 2 heterocycles. The number of hydrogen-bond donors (Lipinski definition) is 2. The molecule has 0 aliphatic carbocycles. The number of nitrogens with zero attached hydrogens (tertiary/aromatic N) is 2. The van der Waals surface area contributed by atoms with Crippen LogP contribution in [-0.4, -0.2) is 30.5 Å². The summed E-state index contributed by atoms with van der Waals surface area (Å²) >= 11 is 6.95. The van der Waals surface area contributed by atoms with Gasteiger partial charge < -0.3 is 19.4 Å². The molecule has 4 aromatic rings. The van der Waals surface area contributed by atoms with Crippen LogP contribution in [0.15, 0.2) is 51.2 Å². The van der Waals surface area contributed by atoms with Gasteiger partial charge in [-0.1, -0.05) is 35.0 Å². The molecule has 1 amide bonds. The van der Waals surface area contributed by atoms with E-state index in [2.05, 4.69) is 20.0 Å². The molecular formula is C26H23ClN4O9S2. The highest BCUT2D eigenvalue weighted by Crippen LogP contribution is 2.35. The number of aromatic nitrogens is 1. The molecule has 13 nitrogen and oxygen atoms in total. The van der Waals surface area contributed by atoms with Crippen molar-refractivity contribution < 1.29 is 37.2 Å². The van der Waals surface area contributed by atoms with Crippen LogP contribution >= 0.6 is 22.9 Å². The highest BCUT2D eigenvalue weighted by molar-refractivity contribution is 7.93. The average molecular weight is 635 g/mol. The zero-order valence-corrected chi connectivity index (χ0v) is 24.9. The number of carbonyl (C=O) groups excluding carboxylic acids is 2. The average Bonchev–Trinajstić information content (AvgIpc) is 3.56. The van der Waals surface area contributed by atoms with Crippen molar-refractivity contribution in [1.29, 1.82) is 0 Å². The number of rotatable bonds is 10. The van der Waals surface area contributed by atoms with E-state index in [9.17, 15) is 28.1 Å². The van der Waals surface area contributed by atoms with Crippen molar-refractivity contribution in [1.82, 2.24) is 5.16 Å². The number of sulfonamides is 1. The first-order chi connectivity index (χ1) is 19.8. The third-order valence-electron chi connectivity index (χ3n) is 6.00. The molecule has 4 rings (SSSR count). The van der Waals surface area contributed by atoms with Crippen LogP contribution < -0.4 is 14.8 Å². The first kappa shape index (κ1) is 30.5. The molecule has 0 aliphatic rings. The fraction of sp³-hybridized carbons (Fsp3) is 0.192. The summed E-state index contributed by atoms with van der Waals surface area (Å²) in [4.78, 5) is 40.5. The van der Waals surface area contributed by atoms with Crippen molar-refractivity contribution in [3.63, 3.8) is 0 Å². The SMILES string of the molecule is Cc1cc(C)c(OC(=O)c2ccc(CO[N+](=O)[O-])cc2)c(C)c1NC(=O)c1sccc1S(=O)(=O)Nc1onc(C)c1Cl. The molecule has 0 bridgehead atoms. The molecule has 2 aromatic heterocycles.